The molecule has 1 aromatic rings. The first-order valence-electron chi connectivity index (χ1n) is 7.22. The Hall–Kier alpha value is -1.16. The highest BCUT2D eigenvalue weighted by Crippen LogP contribution is 2.35. The molecule has 3 N–H and O–H groups in total. The highest BCUT2D eigenvalue weighted by atomic mass is 35.5. The Kier molecular flexibility index (Phi) is 5.35. The lowest BCUT2D eigenvalue weighted by Gasteiger charge is -2.30. The van der Waals surface area contributed by atoms with Gasteiger partial charge in [0.05, 0.1) is 16.4 Å². The Balaban J connectivity index is 1.77. The molecule has 1 aromatic heterocycles. The average molecular weight is 479 g/mol. The molecule has 0 aromatic carbocycles. The molecule has 2 aliphatic rings. The fourth-order valence-electron chi connectivity index (χ4n) is 2.91. The third-order valence-electron chi connectivity index (χ3n) is 3.99. The van der Waals surface area contributed by atoms with Gasteiger partial charge in [-0.15, -0.1) is 15.6 Å². The number of urea groups is 1. The second-order valence-electron chi connectivity index (χ2n) is 5.72. The molecular formula is C11H12Cl2N4O7S3. The van der Waals surface area contributed by atoms with Gasteiger partial charge in [-0.05, 0) is 18.9 Å². The van der Waals surface area contributed by atoms with E-state index in [0.29, 0.717) is 5.06 Å². The predicted molar refractivity (Wildman–Crippen MR) is 95.8 cm³/mol. The molecular weight excluding hydrogens is 467 g/mol. The van der Waals surface area contributed by atoms with Gasteiger partial charge in [0.2, 0.25) is 0 Å². The second-order valence-corrected chi connectivity index (χ2v) is 10.7. The number of fused-ring (bicyclic) bond motifs is 2. The first kappa shape index (κ1) is 20.6. The molecule has 0 radical (unpaired) electrons. The van der Waals surface area contributed by atoms with E-state index in [2.05, 4.69) is 9.01 Å². The monoisotopic (exact) mass is 478 g/mol. The van der Waals surface area contributed by atoms with Crippen molar-refractivity contribution in [2.75, 3.05) is 6.54 Å². The number of amides is 2. The highest BCUT2D eigenvalue weighted by Gasteiger charge is 2.48. The molecule has 2 amide bonds. The lowest BCUT2D eigenvalue weighted by atomic mass is 10.0. The summed E-state index contributed by atoms with van der Waals surface area (Å²) in [5.74, 6) is -0.492. The van der Waals surface area contributed by atoms with Gasteiger partial charge in [0.1, 0.15) is 15.1 Å². The number of nitrogens with one attached hydrogen (secondary N) is 2. The Labute approximate surface area is 168 Å². The number of halogens is 2. The van der Waals surface area contributed by atoms with Crippen LogP contribution in [0.4, 0.5) is 4.79 Å². The first-order valence-corrected chi connectivity index (χ1v) is 11.6. The van der Waals surface area contributed by atoms with Crippen LogP contribution < -0.4 is 4.72 Å². The summed E-state index contributed by atoms with van der Waals surface area (Å²) in [5, 5.41) is 8.58. The topological polar surface area (TPSA) is 157 Å². The third kappa shape index (κ3) is 4.16. The molecule has 2 aliphatic heterocycles. The minimum atomic E-state index is -4.90. The van der Waals surface area contributed by atoms with Crippen molar-refractivity contribution in [1.29, 1.82) is 5.41 Å². The van der Waals surface area contributed by atoms with Crippen molar-refractivity contribution in [3.63, 3.8) is 0 Å². The van der Waals surface area contributed by atoms with Crippen LogP contribution >= 0.6 is 34.5 Å². The number of amidine groups is 1. The van der Waals surface area contributed by atoms with Gasteiger partial charge in [-0.25, -0.2) is 13.2 Å². The average Bonchev–Trinajstić information content (AvgIpc) is 2.98. The van der Waals surface area contributed by atoms with Crippen molar-refractivity contribution in [3.8, 4) is 0 Å². The zero-order valence-corrected chi connectivity index (χ0v) is 17.1. The van der Waals surface area contributed by atoms with E-state index in [9.17, 15) is 21.6 Å². The van der Waals surface area contributed by atoms with E-state index in [1.165, 1.54) is 0 Å². The molecule has 3 heterocycles. The Morgan fingerprint density at radius 1 is 1.33 bits per heavy atom. The van der Waals surface area contributed by atoms with E-state index in [1.54, 1.807) is 0 Å². The molecule has 150 valence electrons. The lowest BCUT2D eigenvalue weighted by molar-refractivity contribution is -0.0316. The minimum absolute atomic E-state index is 0.00810. The molecule has 0 unspecified atom stereocenters. The summed E-state index contributed by atoms with van der Waals surface area (Å²) in [7, 11) is -9.09. The lowest BCUT2D eigenvalue weighted by Crippen LogP contribution is -2.50. The first-order chi connectivity index (χ1) is 12.4. The van der Waals surface area contributed by atoms with Gasteiger partial charge in [-0.1, -0.05) is 23.2 Å². The molecule has 2 atom stereocenters. The molecule has 0 aliphatic carbocycles. The quantitative estimate of drug-likeness (QED) is 0.326. The largest absolute Gasteiger partial charge is 0.418 e. The molecule has 11 nitrogen and oxygen atoms in total. The number of hydrogen-bond acceptors (Lipinski definition) is 8. The number of piperidine rings is 1. The fraction of sp³-hybridized carbons (Fsp3) is 0.455. The summed E-state index contributed by atoms with van der Waals surface area (Å²) in [5.41, 5.74) is 0. The second kappa shape index (κ2) is 7.02. The highest BCUT2D eigenvalue weighted by molar-refractivity contribution is 7.90. The van der Waals surface area contributed by atoms with Crippen LogP contribution in [0.25, 0.3) is 0 Å². The number of thiophene rings is 1. The minimum Gasteiger partial charge on any atom is -0.310 e. The van der Waals surface area contributed by atoms with E-state index in [4.69, 9.17) is 33.2 Å². The number of carbonyl (C=O) groups is 1. The molecule has 2 saturated heterocycles. The zero-order chi connectivity index (χ0) is 20.1. The number of sulfonamides is 1. The van der Waals surface area contributed by atoms with Crippen molar-refractivity contribution in [3.05, 3.63) is 14.7 Å². The Bertz CT molecular complexity index is 1010. The van der Waals surface area contributed by atoms with Gasteiger partial charge >= 0.3 is 16.4 Å². The summed E-state index contributed by atoms with van der Waals surface area (Å²) in [6.45, 7) is 0.00810. The number of rotatable bonds is 5. The zero-order valence-electron chi connectivity index (χ0n) is 13.1. The van der Waals surface area contributed by atoms with Crippen molar-refractivity contribution < 1.29 is 30.5 Å². The molecule has 0 spiro atoms. The summed E-state index contributed by atoms with van der Waals surface area (Å²) < 4.78 is 61.8. The maximum Gasteiger partial charge on any atom is 0.418 e. The molecule has 0 saturated carbocycles. The van der Waals surface area contributed by atoms with Gasteiger partial charge in [-0.2, -0.15) is 13.5 Å². The van der Waals surface area contributed by atoms with Crippen LogP contribution in [0.2, 0.25) is 8.67 Å². The number of carbonyl (C=O) groups excluding carboxylic acids is 1. The molecule has 2 fully saturated rings. The van der Waals surface area contributed by atoms with E-state index in [0.717, 1.165) is 22.3 Å². The smallest absolute Gasteiger partial charge is 0.310 e. The number of hydroxylamine groups is 2. The third-order valence-corrected chi connectivity index (χ3v) is 7.46. The maximum atomic E-state index is 12.4. The molecule has 2 bridgehead atoms. The van der Waals surface area contributed by atoms with E-state index in [1.807, 2.05) is 0 Å². The summed E-state index contributed by atoms with van der Waals surface area (Å²) >= 11 is 12.4. The Morgan fingerprint density at radius 3 is 2.56 bits per heavy atom. The van der Waals surface area contributed by atoms with Crippen LogP contribution in [-0.4, -0.2) is 61.8 Å². The summed E-state index contributed by atoms with van der Waals surface area (Å²) in [6.07, 6.45) is 0.415. The predicted octanol–water partition coefficient (Wildman–Crippen LogP) is 1.31. The van der Waals surface area contributed by atoms with Crippen LogP contribution in [0.5, 0.6) is 0 Å². The fourth-order valence-corrected chi connectivity index (χ4v) is 6.48. The molecule has 27 heavy (non-hydrogen) atoms. The van der Waals surface area contributed by atoms with E-state index >= 15 is 0 Å². The van der Waals surface area contributed by atoms with E-state index in [-0.39, 0.29) is 33.0 Å². The van der Waals surface area contributed by atoms with E-state index < -0.39 is 44.4 Å². The van der Waals surface area contributed by atoms with Gasteiger partial charge in [0.15, 0.2) is 0 Å². The van der Waals surface area contributed by atoms with Crippen LogP contribution in [0.15, 0.2) is 11.0 Å². The van der Waals surface area contributed by atoms with Gasteiger partial charge in [0.25, 0.3) is 10.0 Å². The van der Waals surface area contributed by atoms with Crippen LogP contribution in [0, 0.1) is 5.41 Å². The SMILES string of the molecule is N=C(NS(=O)(=O)c1cc(Cl)sc1Cl)[C@@H]1CC[C@@H]2CN1C(=O)N2OS(=O)(=O)O. The van der Waals surface area contributed by atoms with Gasteiger partial charge in [-0.3, -0.25) is 14.7 Å². The van der Waals surface area contributed by atoms with Crippen molar-refractivity contribution >= 4 is 66.8 Å². The van der Waals surface area contributed by atoms with Crippen LogP contribution in [-0.2, 0) is 24.7 Å². The Morgan fingerprint density at radius 2 is 2.00 bits per heavy atom. The van der Waals surface area contributed by atoms with Crippen molar-refractivity contribution in [2.45, 2.75) is 29.8 Å². The standard InChI is InChI=1S/C11H12Cl2N4O7S3/c12-8-3-7(9(13)25-8)26(19,20)15-10(14)6-2-1-5-4-16(6)11(18)17(5)24-27(21,22)23/h3,5-6H,1-2,4H2,(H2,14,15)(H,21,22,23)/t5-,6+/m1/s1. The van der Waals surface area contributed by atoms with Gasteiger partial charge in [0, 0.05) is 6.54 Å². The summed E-state index contributed by atoms with van der Waals surface area (Å²) in [4.78, 5) is 13.1. The van der Waals surface area contributed by atoms with Gasteiger partial charge < -0.3 is 4.90 Å². The maximum absolute atomic E-state index is 12.4. The van der Waals surface area contributed by atoms with Crippen molar-refractivity contribution in [2.24, 2.45) is 0 Å². The molecule has 3 rings (SSSR count). The van der Waals surface area contributed by atoms with Crippen LogP contribution in [0.1, 0.15) is 12.8 Å². The van der Waals surface area contributed by atoms with Crippen molar-refractivity contribution in [1.82, 2.24) is 14.7 Å². The number of hydrogen-bond donors (Lipinski definition) is 3. The normalized spacial score (nSPS) is 23.0. The van der Waals surface area contributed by atoms with Crippen LogP contribution in [0.3, 0.4) is 0 Å². The summed E-state index contributed by atoms with van der Waals surface area (Å²) in [6, 6.07) is -1.36. The number of nitrogens with zero attached hydrogens (tertiary/aromatic N) is 2. The molecule has 16 heteroatoms.